The van der Waals surface area contributed by atoms with Crippen molar-refractivity contribution in [2.75, 3.05) is 23.9 Å². The summed E-state index contributed by atoms with van der Waals surface area (Å²) in [4.78, 5) is 18.6. The number of ether oxygens (including phenoxy) is 1. The molecule has 3 aromatic rings. The van der Waals surface area contributed by atoms with Gasteiger partial charge < -0.3 is 15.0 Å². The zero-order valence-electron chi connectivity index (χ0n) is 14.9. The van der Waals surface area contributed by atoms with Gasteiger partial charge in [-0.05, 0) is 36.6 Å². The Morgan fingerprint density at radius 2 is 1.96 bits per heavy atom. The number of esters is 1. The molecule has 136 valence electrons. The van der Waals surface area contributed by atoms with E-state index in [0.29, 0.717) is 23.0 Å². The third kappa shape index (κ3) is 3.44. The summed E-state index contributed by atoms with van der Waals surface area (Å²) in [5.41, 5.74) is 3.43. The molecule has 0 radical (unpaired) electrons. The van der Waals surface area contributed by atoms with E-state index in [1.807, 2.05) is 18.2 Å². The highest BCUT2D eigenvalue weighted by atomic mass is 16.5. The van der Waals surface area contributed by atoms with Crippen molar-refractivity contribution in [1.29, 1.82) is 0 Å². The summed E-state index contributed by atoms with van der Waals surface area (Å²) >= 11 is 0. The molecule has 27 heavy (non-hydrogen) atoms. The molecule has 1 aliphatic heterocycles. The Morgan fingerprint density at radius 3 is 2.85 bits per heavy atom. The predicted molar refractivity (Wildman–Crippen MR) is 103 cm³/mol. The lowest BCUT2D eigenvalue weighted by atomic mass is 10.0. The van der Waals surface area contributed by atoms with Crippen LogP contribution < -0.4 is 10.2 Å². The number of rotatable bonds is 4. The molecule has 1 N–H and O–H groups in total. The van der Waals surface area contributed by atoms with E-state index < -0.39 is 5.97 Å². The first-order valence-corrected chi connectivity index (χ1v) is 8.76. The Labute approximate surface area is 157 Å². The van der Waals surface area contributed by atoms with E-state index in [2.05, 4.69) is 37.5 Å². The molecule has 1 aliphatic rings. The van der Waals surface area contributed by atoms with Gasteiger partial charge in [0.15, 0.2) is 5.82 Å². The number of methoxy groups -OCH3 is 1. The summed E-state index contributed by atoms with van der Waals surface area (Å²) in [6, 6.07) is 15.4. The molecule has 0 saturated heterocycles. The number of aryl methyl sites for hydroxylation is 1. The topological polar surface area (TPSA) is 80.2 Å². The minimum Gasteiger partial charge on any atom is -0.465 e. The third-order valence-electron chi connectivity index (χ3n) is 4.49. The number of carbonyl (C=O) groups is 1. The van der Waals surface area contributed by atoms with Crippen LogP contribution >= 0.6 is 0 Å². The second-order valence-electron chi connectivity index (χ2n) is 6.19. The monoisotopic (exact) mass is 361 g/mol. The number of fused-ring (bicyclic) bond motifs is 1. The van der Waals surface area contributed by atoms with E-state index in [0.717, 1.165) is 25.1 Å². The SMILES string of the molecule is COC(=O)c1ccccc1Nc1cnnc(N2CCCc3ccccc32)n1. The van der Waals surface area contributed by atoms with Crippen molar-refractivity contribution in [3.05, 3.63) is 65.9 Å². The Bertz CT molecular complexity index is 976. The predicted octanol–water partition coefficient (Wildman–Crippen LogP) is 3.49. The first-order valence-electron chi connectivity index (χ1n) is 8.76. The van der Waals surface area contributed by atoms with Gasteiger partial charge in [-0.3, -0.25) is 0 Å². The Kier molecular flexibility index (Phi) is 4.65. The van der Waals surface area contributed by atoms with Gasteiger partial charge in [-0.1, -0.05) is 30.3 Å². The highest BCUT2D eigenvalue weighted by Crippen LogP contribution is 2.31. The average molecular weight is 361 g/mol. The van der Waals surface area contributed by atoms with Crippen molar-refractivity contribution in [1.82, 2.24) is 15.2 Å². The molecule has 0 spiro atoms. The number of para-hydroxylation sites is 2. The Morgan fingerprint density at radius 1 is 1.15 bits per heavy atom. The number of aromatic nitrogens is 3. The van der Waals surface area contributed by atoms with Crippen LogP contribution in [0.2, 0.25) is 0 Å². The second-order valence-corrected chi connectivity index (χ2v) is 6.19. The van der Waals surface area contributed by atoms with E-state index in [1.165, 1.54) is 18.9 Å². The maximum absolute atomic E-state index is 12.0. The van der Waals surface area contributed by atoms with Gasteiger partial charge in [0, 0.05) is 12.2 Å². The van der Waals surface area contributed by atoms with Crippen LogP contribution in [0.3, 0.4) is 0 Å². The zero-order chi connectivity index (χ0) is 18.6. The smallest absolute Gasteiger partial charge is 0.339 e. The molecule has 2 aromatic carbocycles. The van der Waals surface area contributed by atoms with Gasteiger partial charge in [-0.15, -0.1) is 5.10 Å². The van der Waals surface area contributed by atoms with Crippen LogP contribution in [-0.2, 0) is 11.2 Å². The van der Waals surface area contributed by atoms with E-state index in [9.17, 15) is 4.79 Å². The number of benzene rings is 2. The molecule has 0 aliphatic carbocycles. The largest absolute Gasteiger partial charge is 0.465 e. The van der Waals surface area contributed by atoms with Crippen LogP contribution in [0.15, 0.2) is 54.7 Å². The molecule has 4 rings (SSSR count). The summed E-state index contributed by atoms with van der Waals surface area (Å²) in [5, 5.41) is 11.5. The minimum atomic E-state index is -0.412. The Hall–Kier alpha value is -3.48. The van der Waals surface area contributed by atoms with Crippen LogP contribution in [0.4, 0.5) is 23.1 Å². The molecule has 1 aromatic heterocycles. The molecular weight excluding hydrogens is 342 g/mol. The molecular formula is C20H19N5O2. The van der Waals surface area contributed by atoms with Gasteiger partial charge in [0.05, 0.1) is 24.6 Å². The average Bonchev–Trinajstić information content (AvgIpc) is 2.73. The molecule has 0 unspecified atom stereocenters. The number of anilines is 4. The second kappa shape index (κ2) is 7.41. The molecule has 0 atom stereocenters. The summed E-state index contributed by atoms with van der Waals surface area (Å²) in [6.45, 7) is 0.834. The van der Waals surface area contributed by atoms with Crippen LogP contribution in [0.25, 0.3) is 0 Å². The fourth-order valence-electron chi connectivity index (χ4n) is 3.23. The molecule has 0 saturated carbocycles. The number of carbonyl (C=O) groups excluding carboxylic acids is 1. The van der Waals surface area contributed by atoms with Crippen LogP contribution in [-0.4, -0.2) is 34.8 Å². The lowest BCUT2D eigenvalue weighted by Crippen LogP contribution is -2.26. The Balaban J connectivity index is 1.65. The first-order chi connectivity index (χ1) is 13.3. The van der Waals surface area contributed by atoms with Gasteiger partial charge >= 0.3 is 5.97 Å². The molecule has 7 heteroatoms. The van der Waals surface area contributed by atoms with Gasteiger partial charge in [0.2, 0.25) is 0 Å². The van der Waals surface area contributed by atoms with Crippen molar-refractivity contribution in [3.63, 3.8) is 0 Å². The third-order valence-corrected chi connectivity index (χ3v) is 4.49. The summed E-state index contributed by atoms with van der Waals surface area (Å²) in [7, 11) is 1.36. The molecule has 0 bridgehead atoms. The maximum Gasteiger partial charge on any atom is 0.339 e. The van der Waals surface area contributed by atoms with Crippen molar-refractivity contribution in [2.45, 2.75) is 12.8 Å². The van der Waals surface area contributed by atoms with Gasteiger partial charge in [-0.2, -0.15) is 10.1 Å². The zero-order valence-corrected chi connectivity index (χ0v) is 14.9. The number of nitrogens with zero attached hydrogens (tertiary/aromatic N) is 4. The first kappa shape index (κ1) is 17.0. The van der Waals surface area contributed by atoms with Gasteiger partial charge in [-0.25, -0.2) is 4.79 Å². The van der Waals surface area contributed by atoms with E-state index in [1.54, 1.807) is 18.2 Å². The van der Waals surface area contributed by atoms with Crippen LogP contribution in [0.1, 0.15) is 22.3 Å². The minimum absolute atomic E-state index is 0.412. The van der Waals surface area contributed by atoms with Crippen LogP contribution in [0.5, 0.6) is 0 Å². The molecule has 0 amide bonds. The van der Waals surface area contributed by atoms with E-state index in [4.69, 9.17) is 4.74 Å². The quantitative estimate of drug-likeness (QED) is 0.713. The molecule has 0 fully saturated rings. The maximum atomic E-state index is 12.0. The number of nitrogens with one attached hydrogen (secondary N) is 1. The highest BCUT2D eigenvalue weighted by Gasteiger charge is 2.20. The van der Waals surface area contributed by atoms with E-state index >= 15 is 0 Å². The standard InChI is InChI=1S/C20H19N5O2/c1-27-19(26)15-9-3-4-10-16(15)22-18-13-21-24-20(23-18)25-12-6-8-14-7-2-5-11-17(14)25/h2-5,7,9-11,13H,6,8,12H2,1H3,(H,22,23,24). The van der Waals surface area contributed by atoms with Crippen molar-refractivity contribution >= 4 is 29.1 Å². The van der Waals surface area contributed by atoms with Gasteiger partial charge in [0.25, 0.3) is 5.95 Å². The van der Waals surface area contributed by atoms with Crippen molar-refractivity contribution < 1.29 is 9.53 Å². The fourth-order valence-corrected chi connectivity index (χ4v) is 3.23. The summed E-state index contributed by atoms with van der Waals surface area (Å²) in [5.74, 6) is 0.632. The lowest BCUT2D eigenvalue weighted by Gasteiger charge is -2.29. The number of hydrogen-bond donors (Lipinski definition) is 1. The summed E-state index contributed by atoms with van der Waals surface area (Å²) < 4.78 is 4.84. The lowest BCUT2D eigenvalue weighted by molar-refractivity contribution is 0.0602. The molecule has 7 nitrogen and oxygen atoms in total. The number of hydrogen-bond acceptors (Lipinski definition) is 7. The highest BCUT2D eigenvalue weighted by molar-refractivity contribution is 5.96. The fraction of sp³-hybridized carbons (Fsp3) is 0.200. The van der Waals surface area contributed by atoms with E-state index in [-0.39, 0.29) is 0 Å². The summed E-state index contributed by atoms with van der Waals surface area (Å²) in [6.07, 6.45) is 3.61. The molecule has 2 heterocycles. The van der Waals surface area contributed by atoms with Crippen molar-refractivity contribution in [2.24, 2.45) is 0 Å². The van der Waals surface area contributed by atoms with Gasteiger partial charge in [0.1, 0.15) is 0 Å². The van der Waals surface area contributed by atoms with Crippen LogP contribution in [0, 0.1) is 0 Å². The normalized spacial score (nSPS) is 13.0. The van der Waals surface area contributed by atoms with Crippen molar-refractivity contribution in [3.8, 4) is 0 Å².